The maximum absolute atomic E-state index is 13.7. The van der Waals surface area contributed by atoms with Crippen molar-refractivity contribution in [3.63, 3.8) is 0 Å². The Bertz CT molecular complexity index is 1160. The first-order valence-corrected chi connectivity index (χ1v) is 11.5. The standard InChI is InChI=1S/C26H31ClN2O5/c1-14(2)8-7-9-16(5)11-13-26(34)24(33)18-19(21(30)17(6)22(31)20(18)29-28)23(32)25(26,27)12-10-15(3)4/h8,10-11,30,34H,7,9,12-13H2,1-6H3/b16-11+/t25-,26-/m0/s1. The van der Waals surface area contributed by atoms with Crippen molar-refractivity contribution in [1.82, 2.24) is 0 Å². The fraction of sp³-hybridized carbons (Fsp3) is 0.462. The topological polar surface area (TPSA) is 128 Å². The molecule has 0 bridgehead atoms. The second-order valence-corrected chi connectivity index (χ2v) is 10.0. The Kier molecular flexibility index (Phi) is 8.20. The van der Waals surface area contributed by atoms with E-state index < -0.39 is 50.4 Å². The van der Waals surface area contributed by atoms with E-state index in [4.69, 9.17) is 11.6 Å². The summed E-state index contributed by atoms with van der Waals surface area (Å²) in [7, 11) is 0. The monoisotopic (exact) mass is 486 g/mol. The van der Waals surface area contributed by atoms with Gasteiger partial charge in [-0.05, 0) is 60.8 Å². The van der Waals surface area contributed by atoms with E-state index in [2.05, 4.69) is 10.9 Å². The van der Waals surface area contributed by atoms with E-state index in [1.54, 1.807) is 26.0 Å². The Morgan fingerprint density at radius 1 is 0.971 bits per heavy atom. The van der Waals surface area contributed by atoms with Crippen molar-refractivity contribution in [1.29, 1.82) is 0 Å². The van der Waals surface area contributed by atoms with Crippen LogP contribution in [0.4, 0.5) is 0 Å². The minimum atomic E-state index is -2.45. The number of allylic oxidation sites excluding steroid dienone is 7. The van der Waals surface area contributed by atoms with Gasteiger partial charge in [-0.3, -0.25) is 14.4 Å². The molecule has 2 N–H and O–H groups in total. The number of ketones is 3. The zero-order valence-electron chi connectivity index (χ0n) is 20.5. The van der Waals surface area contributed by atoms with Gasteiger partial charge in [-0.2, -0.15) is 4.79 Å². The number of aliphatic hydroxyl groups excluding tert-OH is 1. The molecule has 0 heterocycles. The van der Waals surface area contributed by atoms with Gasteiger partial charge in [0.15, 0.2) is 11.4 Å². The zero-order chi connectivity index (χ0) is 26.0. The Morgan fingerprint density at radius 3 is 2.09 bits per heavy atom. The van der Waals surface area contributed by atoms with Gasteiger partial charge in [0.2, 0.25) is 5.78 Å². The molecule has 0 unspecified atom stereocenters. The number of hydrogen-bond donors (Lipinski definition) is 2. The SMILES string of the molecule is CC(C)=CCC/C(C)=C/C[C@]1(O)C(=O)C2=C(C(=O)[C@@]1(Cl)CC=C(C)C)C(O)=C(C)C(=O)C2=[N+]=[N-]. The summed E-state index contributed by atoms with van der Waals surface area (Å²) in [5.74, 6) is -3.58. The third kappa shape index (κ3) is 4.69. The van der Waals surface area contributed by atoms with Gasteiger partial charge in [0.1, 0.15) is 16.2 Å². The predicted molar refractivity (Wildman–Crippen MR) is 131 cm³/mol. The second kappa shape index (κ2) is 10.2. The average Bonchev–Trinajstić information content (AvgIpc) is 2.77. The fourth-order valence-corrected chi connectivity index (χ4v) is 4.34. The van der Waals surface area contributed by atoms with E-state index in [1.807, 2.05) is 20.8 Å². The van der Waals surface area contributed by atoms with Crippen LogP contribution in [0, 0.1) is 0 Å². The summed E-state index contributed by atoms with van der Waals surface area (Å²) in [6.45, 7) is 10.6. The van der Waals surface area contributed by atoms with Gasteiger partial charge in [-0.1, -0.05) is 34.9 Å². The average molecular weight is 487 g/mol. The number of nitrogens with zero attached hydrogens (tertiary/aromatic N) is 2. The van der Waals surface area contributed by atoms with E-state index in [1.165, 1.54) is 12.5 Å². The molecule has 182 valence electrons. The van der Waals surface area contributed by atoms with Gasteiger partial charge in [-0.15, -0.1) is 11.6 Å². The van der Waals surface area contributed by atoms with E-state index in [0.29, 0.717) is 6.42 Å². The summed E-state index contributed by atoms with van der Waals surface area (Å²) in [6, 6.07) is 0. The molecule has 0 saturated carbocycles. The first kappa shape index (κ1) is 27.4. The first-order valence-electron chi connectivity index (χ1n) is 11.1. The van der Waals surface area contributed by atoms with Crippen molar-refractivity contribution in [3.8, 4) is 0 Å². The summed E-state index contributed by atoms with van der Waals surface area (Å²) >= 11 is 6.80. The molecule has 0 saturated heterocycles. The Labute approximate surface area is 204 Å². The predicted octanol–water partition coefficient (Wildman–Crippen LogP) is 4.67. The van der Waals surface area contributed by atoms with Gasteiger partial charge < -0.3 is 15.7 Å². The van der Waals surface area contributed by atoms with Gasteiger partial charge in [0.25, 0.3) is 5.78 Å². The third-order valence-corrected chi connectivity index (χ3v) is 6.85. The van der Waals surface area contributed by atoms with Crippen molar-refractivity contribution in [3.05, 3.63) is 63.0 Å². The van der Waals surface area contributed by atoms with Crippen LogP contribution in [0.15, 0.2) is 57.4 Å². The van der Waals surface area contributed by atoms with Crippen molar-refractivity contribution >= 4 is 34.7 Å². The van der Waals surface area contributed by atoms with Crippen LogP contribution in [0.25, 0.3) is 5.53 Å². The quantitative estimate of drug-likeness (QED) is 0.178. The molecular formula is C26H31ClN2O5. The summed E-state index contributed by atoms with van der Waals surface area (Å²) in [4.78, 5) is 40.7. The minimum Gasteiger partial charge on any atom is -0.507 e. The highest BCUT2D eigenvalue weighted by Gasteiger charge is 2.66. The lowest BCUT2D eigenvalue weighted by atomic mass is 9.64. The fourth-order valence-electron chi connectivity index (χ4n) is 4.01. The molecule has 8 heteroatoms. The van der Waals surface area contributed by atoms with E-state index in [-0.39, 0.29) is 18.4 Å². The van der Waals surface area contributed by atoms with Crippen LogP contribution in [0.5, 0.6) is 0 Å². The summed E-state index contributed by atoms with van der Waals surface area (Å²) in [5, 5.41) is 22.3. The highest BCUT2D eigenvalue weighted by molar-refractivity contribution is 6.60. The smallest absolute Gasteiger partial charge is 0.374 e. The lowest BCUT2D eigenvalue weighted by molar-refractivity contribution is -0.145. The largest absolute Gasteiger partial charge is 0.507 e. The molecular weight excluding hydrogens is 456 g/mol. The third-order valence-electron chi connectivity index (χ3n) is 6.21. The van der Waals surface area contributed by atoms with E-state index in [9.17, 15) is 30.1 Å². The lowest BCUT2D eigenvalue weighted by Crippen LogP contribution is -2.65. The minimum absolute atomic E-state index is 0.189. The van der Waals surface area contributed by atoms with Crippen LogP contribution in [-0.2, 0) is 14.4 Å². The molecule has 7 nitrogen and oxygen atoms in total. The van der Waals surface area contributed by atoms with Crippen LogP contribution in [0.1, 0.15) is 67.2 Å². The molecule has 0 aromatic rings. The molecule has 0 aromatic heterocycles. The molecule has 2 atom stereocenters. The molecule has 0 aromatic carbocycles. The van der Waals surface area contributed by atoms with Crippen molar-refractivity contribution < 1.29 is 29.4 Å². The molecule has 2 aliphatic rings. The first-order chi connectivity index (χ1) is 15.7. The highest BCUT2D eigenvalue weighted by atomic mass is 35.5. The second-order valence-electron chi connectivity index (χ2n) is 9.38. The van der Waals surface area contributed by atoms with Gasteiger partial charge in [0, 0.05) is 12.0 Å². The number of carbonyl (C=O) groups is 3. The van der Waals surface area contributed by atoms with Crippen molar-refractivity contribution in [2.75, 3.05) is 0 Å². The van der Waals surface area contributed by atoms with E-state index >= 15 is 0 Å². The molecule has 0 radical (unpaired) electrons. The van der Waals surface area contributed by atoms with Crippen LogP contribution in [0.2, 0.25) is 0 Å². The molecule has 0 amide bonds. The molecule has 34 heavy (non-hydrogen) atoms. The number of carbonyl (C=O) groups excluding carboxylic acids is 3. The van der Waals surface area contributed by atoms with Gasteiger partial charge >= 0.3 is 5.71 Å². The number of hydrogen-bond acceptors (Lipinski definition) is 5. The van der Waals surface area contributed by atoms with Crippen LogP contribution >= 0.6 is 11.6 Å². The number of rotatable bonds is 7. The highest BCUT2D eigenvalue weighted by Crippen LogP contribution is 2.48. The molecule has 0 fully saturated rings. The zero-order valence-corrected chi connectivity index (χ0v) is 21.2. The van der Waals surface area contributed by atoms with E-state index in [0.717, 1.165) is 17.6 Å². The van der Waals surface area contributed by atoms with Crippen molar-refractivity contribution in [2.45, 2.75) is 77.7 Å². The molecule has 2 aliphatic carbocycles. The van der Waals surface area contributed by atoms with Crippen LogP contribution in [-0.4, -0.2) is 48.5 Å². The Morgan fingerprint density at radius 2 is 1.56 bits per heavy atom. The Balaban J connectivity index is 2.72. The van der Waals surface area contributed by atoms with Crippen LogP contribution in [0.3, 0.4) is 0 Å². The number of Topliss-reactive ketones (excluding diaryl/α,β-unsaturated/α-hetero) is 3. The number of alkyl halides is 1. The molecule has 0 aliphatic heterocycles. The number of aliphatic hydroxyl groups is 2. The summed E-state index contributed by atoms with van der Waals surface area (Å²) in [5.41, 5.74) is 7.78. The van der Waals surface area contributed by atoms with Gasteiger partial charge in [-0.25, -0.2) is 0 Å². The summed E-state index contributed by atoms with van der Waals surface area (Å²) in [6.07, 6.45) is 6.29. The van der Waals surface area contributed by atoms with Gasteiger partial charge in [0.05, 0.1) is 5.57 Å². The Hall–Kier alpha value is -2.86. The molecule has 0 spiro atoms. The maximum Gasteiger partial charge on any atom is 0.374 e. The maximum atomic E-state index is 13.7. The normalized spacial score (nSPS) is 25.4. The van der Waals surface area contributed by atoms with Crippen molar-refractivity contribution in [2.24, 2.45) is 0 Å². The number of halogens is 1. The lowest BCUT2D eigenvalue weighted by Gasteiger charge is -2.44. The van der Waals surface area contributed by atoms with Crippen LogP contribution < -0.4 is 0 Å². The summed E-state index contributed by atoms with van der Waals surface area (Å²) < 4.78 is 0. The molecule has 2 rings (SSSR count).